The molecule has 0 radical (unpaired) electrons. The van der Waals surface area contributed by atoms with Crippen LogP contribution in [-0.2, 0) is 4.79 Å². The molecule has 32 heavy (non-hydrogen) atoms. The van der Waals surface area contributed by atoms with E-state index in [2.05, 4.69) is 25.1 Å². The topological polar surface area (TPSA) is 95.3 Å². The number of carbonyl (C=O) groups is 2. The number of nitrogens with one attached hydrogen (secondary N) is 2. The van der Waals surface area contributed by atoms with Crippen LogP contribution >= 0.6 is 0 Å². The molecule has 2 N–H and O–H groups in total. The van der Waals surface area contributed by atoms with E-state index in [-0.39, 0.29) is 17.0 Å². The molecule has 2 heterocycles. The molecule has 3 aromatic rings. The van der Waals surface area contributed by atoms with Crippen molar-refractivity contribution in [1.82, 2.24) is 19.9 Å². The Balaban J connectivity index is 1.90. The normalized spacial score (nSPS) is 11.8. The SMILES string of the molecule is [C-]#[N+]/C(=C/c1ccc(Nc2cnc3[nH]cc(C(=O)C(C)(C)C)c3n2)cc1F)C(=O)N(C)C. The van der Waals surface area contributed by atoms with Crippen LogP contribution in [0.2, 0.25) is 0 Å². The fourth-order valence-electron chi connectivity index (χ4n) is 2.92. The van der Waals surface area contributed by atoms with Gasteiger partial charge in [0, 0.05) is 37.0 Å². The molecule has 0 bridgehead atoms. The lowest BCUT2D eigenvalue weighted by atomic mass is 9.87. The molecule has 2 aromatic heterocycles. The van der Waals surface area contributed by atoms with Crippen molar-refractivity contribution in [3.8, 4) is 0 Å². The second kappa shape index (κ2) is 8.59. The molecule has 0 saturated heterocycles. The van der Waals surface area contributed by atoms with E-state index in [9.17, 15) is 14.0 Å². The summed E-state index contributed by atoms with van der Waals surface area (Å²) in [5.74, 6) is -0.841. The predicted molar refractivity (Wildman–Crippen MR) is 121 cm³/mol. The number of halogens is 1. The summed E-state index contributed by atoms with van der Waals surface area (Å²) in [5.41, 5.74) is 1.09. The summed E-state index contributed by atoms with van der Waals surface area (Å²) in [6.45, 7) is 12.6. The van der Waals surface area contributed by atoms with E-state index in [1.165, 1.54) is 43.4 Å². The number of hydrogen-bond acceptors (Lipinski definition) is 5. The number of hydrogen-bond donors (Lipinski definition) is 2. The fraction of sp³-hybridized carbons (Fsp3) is 0.261. The zero-order chi connectivity index (χ0) is 23.6. The molecule has 164 valence electrons. The van der Waals surface area contributed by atoms with Crippen molar-refractivity contribution >= 4 is 40.4 Å². The number of ketones is 1. The van der Waals surface area contributed by atoms with Crippen molar-refractivity contribution in [3.05, 3.63) is 64.7 Å². The van der Waals surface area contributed by atoms with Crippen molar-refractivity contribution in [3.63, 3.8) is 0 Å². The first-order chi connectivity index (χ1) is 15.0. The highest BCUT2D eigenvalue weighted by atomic mass is 19.1. The number of carbonyl (C=O) groups excluding carboxylic acids is 2. The summed E-state index contributed by atoms with van der Waals surface area (Å²) in [5, 5.41) is 2.97. The number of nitrogens with zero attached hydrogens (tertiary/aromatic N) is 4. The molecular formula is C23H23FN6O2. The summed E-state index contributed by atoms with van der Waals surface area (Å²) >= 11 is 0. The maximum absolute atomic E-state index is 14.6. The predicted octanol–water partition coefficient (Wildman–Crippen LogP) is 4.42. The molecule has 1 amide bonds. The van der Waals surface area contributed by atoms with Gasteiger partial charge in [-0.2, -0.15) is 0 Å². The van der Waals surface area contributed by atoms with Gasteiger partial charge in [-0.15, -0.1) is 0 Å². The zero-order valence-electron chi connectivity index (χ0n) is 18.4. The van der Waals surface area contributed by atoms with Crippen molar-refractivity contribution in [2.75, 3.05) is 19.4 Å². The Morgan fingerprint density at radius 1 is 1.28 bits per heavy atom. The largest absolute Gasteiger partial charge is 0.354 e. The number of benzene rings is 1. The first kappa shape index (κ1) is 22.6. The van der Waals surface area contributed by atoms with Gasteiger partial charge in [-0.25, -0.2) is 19.2 Å². The van der Waals surface area contributed by atoms with E-state index >= 15 is 0 Å². The number of anilines is 2. The first-order valence-electron chi connectivity index (χ1n) is 9.77. The highest BCUT2D eigenvalue weighted by molar-refractivity contribution is 6.08. The van der Waals surface area contributed by atoms with E-state index in [1.807, 2.05) is 20.8 Å². The van der Waals surface area contributed by atoms with Crippen LogP contribution in [0.15, 0.2) is 36.3 Å². The molecule has 3 rings (SSSR count). The number of aromatic nitrogens is 3. The maximum Gasteiger partial charge on any atom is 0.252 e. The van der Waals surface area contributed by atoms with Gasteiger partial charge in [0.25, 0.3) is 11.6 Å². The zero-order valence-corrected chi connectivity index (χ0v) is 18.4. The van der Waals surface area contributed by atoms with Gasteiger partial charge in [-0.3, -0.25) is 9.59 Å². The molecular weight excluding hydrogens is 411 g/mol. The van der Waals surface area contributed by atoms with Crippen molar-refractivity contribution < 1.29 is 14.0 Å². The van der Waals surface area contributed by atoms with Gasteiger partial charge in [0.1, 0.15) is 17.2 Å². The van der Waals surface area contributed by atoms with Gasteiger partial charge in [-0.1, -0.05) is 26.8 Å². The summed E-state index contributed by atoms with van der Waals surface area (Å²) in [7, 11) is 3.04. The number of Topliss-reactive ketones (excluding diaryl/α,β-unsaturated/α-hetero) is 1. The van der Waals surface area contributed by atoms with Gasteiger partial charge >= 0.3 is 0 Å². The van der Waals surface area contributed by atoms with Crippen LogP contribution in [0.5, 0.6) is 0 Å². The van der Waals surface area contributed by atoms with Crippen molar-refractivity contribution in [1.29, 1.82) is 0 Å². The highest BCUT2D eigenvalue weighted by Crippen LogP contribution is 2.27. The number of amides is 1. The second-order valence-electron chi connectivity index (χ2n) is 8.44. The van der Waals surface area contributed by atoms with Crippen LogP contribution in [0.25, 0.3) is 22.1 Å². The van der Waals surface area contributed by atoms with Crippen molar-refractivity contribution in [2.24, 2.45) is 5.41 Å². The molecule has 0 spiro atoms. The van der Waals surface area contributed by atoms with Crippen LogP contribution in [0.3, 0.4) is 0 Å². The quantitative estimate of drug-likeness (QED) is 0.352. The summed E-state index contributed by atoms with van der Waals surface area (Å²) in [4.78, 5) is 40.8. The van der Waals surface area contributed by atoms with Crippen LogP contribution in [0.4, 0.5) is 15.9 Å². The van der Waals surface area contributed by atoms with Gasteiger partial charge in [0.05, 0.1) is 18.3 Å². The Bertz CT molecular complexity index is 1280. The third-order valence-corrected chi connectivity index (χ3v) is 4.62. The molecule has 0 saturated carbocycles. The van der Waals surface area contributed by atoms with Crippen molar-refractivity contribution in [2.45, 2.75) is 20.8 Å². The lowest BCUT2D eigenvalue weighted by molar-refractivity contribution is -0.124. The third kappa shape index (κ3) is 4.64. The Hall–Kier alpha value is -4.06. The van der Waals surface area contributed by atoms with E-state index in [0.29, 0.717) is 28.2 Å². The third-order valence-electron chi connectivity index (χ3n) is 4.62. The molecule has 0 unspecified atom stereocenters. The maximum atomic E-state index is 14.6. The van der Waals surface area contributed by atoms with Gasteiger partial charge in [0.2, 0.25) is 0 Å². The Morgan fingerprint density at radius 3 is 2.59 bits per heavy atom. The van der Waals surface area contributed by atoms with Gasteiger partial charge < -0.3 is 15.2 Å². The van der Waals surface area contributed by atoms with Crippen LogP contribution < -0.4 is 5.32 Å². The molecule has 0 aliphatic carbocycles. The number of fused-ring (bicyclic) bond motifs is 1. The van der Waals surface area contributed by atoms with Gasteiger partial charge in [0.15, 0.2) is 11.4 Å². The molecule has 8 nitrogen and oxygen atoms in total. The minimum atomic E-state index is -0.609. The van der Waals surface area contributed by atoms with Gasteiger partial charge in [-0.05, 0) is 18.2 Å². The summed E-state index contributed by atoms with van der Waals surface area (Å²) in [6.07, 6.45) is 4.28. The lowest BCUT2D eigenvalue weighted by Gasteiger charge is -2.15. The Kier molecular flexibility index (Phi) is 6.07. The highest BCUT2D eigenvalue weighted by Gasteiger charge is 2.26. The summed E-state index contributed by atoms with van der Waals surface area (Å²) in [6, 6.07) is 4.29. The van der Waals surface area contributed by atoms with Crippen LogP contribution in [0, 0.1) is 17.8 Å². The standard InChI is InChI=1S/C23H23FN6O2/c1-23(2,3)20(31)15-11-26-21-19(15)29-18(12-27-21)28-14-8-7-13(16(24)10-14)9-17(25-4)22(32)30(5)6/h7-12H,1-3,5-6H3,(H,26,27)(H,28,29)/b17-9+. The second-order valence-corrected chi connectivity index (χ2v) is 8.44. The average Bonchev–Trinajstić information content (AvgIpc) is 3.14. The number of aromatic amines is 1. The number of H-pyrrole nitrogens is 1. The molecule has 0 fully saturated rings. The van der Waals surface area contributed by atoms with Crippen LogP contribution in [-0.4, -0.2) is 45.6 Å². The fourth-order valence-corrected chi connectivity index (χ4v) is 2.92. The first-order valence-corrected chi connectivity index (χ1v) is 9.77. The minimum absolute atomic E-state index is 0.0692. The Morgan fingerprint density at radius 2 is 2.00 bits per heavy atom. The molecule has 0 aliphatic rings. The molecule has 1 aromatic carbocycles. The van der Waals surface area contributed by atoms with E-state index < -0.39 is 17.1 Å². The monoisotopic (exact) mass is 434 g/mol. The minimum Gasteiger partial charge on any atom is -0.354 e. The molecule has 9 heteroatoms. The summed E-state index contributed by atoms with van der Waals surface area (Å²) < 4.78 is 14.6. The Labute approximate surface area is 185 Å². The van der Waals surface area contributed by atoms with Crippen LogP contribution in [0.1, 0.15) is 36.7 Å². The molecule has 0 aliphatic heterocycles. The smallest absolute Gasteiger partial charge is 0.252 e. The van der Waals surface area contributed by atoms with E-state index in [0.717, 1.165) is 0 Å². The van der Waals surface area contributed by atoms with E-state index in [4.69, 9.17) is 6.57 Å². The lowest BCUT2D eigenvalue weighted by Crippen LogP contribution is -2.22. The molecule has 0 atom stereocenters. The average molecular weight is 434 g/mol. The number of rotatable bonds is 5. The van der Waals surface area contributed by atoms with E-state index in [1.54, 1.807) is 12.3 Å². The number of likely N-dealkylation sites (N-methyl/N-ethyl adjacent to an activating group) is 1.